The van der Waals surface area contributed by atoms with Crippen molar-refractivity contribution in [1.82, 2.24) is 5.32 Å². The molecule has 80 valence electrons. The standard InChI is InChI=1S/C10H22BrNO/c1-8(2)13-6-5-12-10(4)9(3)7-11/h8-10,12H,5-7H2,1-4H3. The Labute approximate surface area is 90.6 Å². The molecule has 0 aromatic heterocycles. The number of hydrogen-bond donors (Lipinski definition) is 1. The van der Waals surface area contributed by atoms with E-state index < -0.39 is 0 Å². The molecule has 2 nitrogen and oxygen atoms in total. The van der Waals surface area contributed by atoms with Crippen LogP contribution in [0.3, 0.4) is 0 Å². The third-order valence-corrected chi connectivity index (χ3v) is 3.14. The first kappa shape index (κ1) is 13.4. The zero-order chi connectivity index (χ0) is 10.3. The lowest BCUT2D eigenvalue weighted by atomic mass is 10.1. The van der Waals surface area contributed by atoms with Gasteiger partial charge in [0.1, 0.15) is 0 Å². The number of nitrogens with one attached hydrogen (secondary N) is 1. The maximum absolute atomic E-state index is 5.43. The third-order valence-electron chi connectivity index (χ3n) is 2.12. The fourth-order valence-electron chi connectivity index (χ4n) is 0.916. The molecule has 0 bridgehead atoms. The Morgan fingerprint density at radius 2 is 1.85 bits per heavy atom. The Morgan fingerprint density at radius 1 is 1.23 bits per heavy atom. The number of alkyl halides is 1. The Kier molecular flexibility index (Phi) is 8.01. The molecule has 2 atom stereocenters. The Morgan fingerprint density at radius 3 is 2.31 bits per heavy atom. The monoisotopic (exact) mass is 251 g/mol. The molecule has 2 unspecified atom stereocenters. The molecule has 0 saturated carbocycles. The molecule has 0 rings (SSSR count). The minimum Gasteiger partial charge on any atom is -0.377 e. The first-order valence-electron chi connectivity index (χ1n) is 4.98. The Bertz CT molecular complexity index is 119. The minimum atomic E-state index is 0.339. The molecule has 0 radical (unpaired) electrons. The fraction of sp³-hybridized carbons (Fsp3) is 1.00. The lowest BCUT2D eigenvalue weighted by molar-refractivity contribution is 0.0788. The van der Waals surface area contributed by atoms with Gasteiger partial charge in [-0.2, -0.15) is 0 Å². The number of rotatable bonds is 7. The lowest BCUT2D eigenvalue weighted by Crippen LogP contribution is -2.35. The molecule has 0 aliphatic carbocycles. The van der Waals surface area contributed by atoms with Gasteiger partial charge in [0, 0.05) is 17.9 Å². The van der Waals surface area contributed by atoms with E-state index in [4.69, 9.17) is 4.74 Å². The quantitative estimate of drug-likeness (QED) is 0.555. The van der Waals surface area contributed by atoms with Gasteiger partial charge in [-0.05, 0) is 26.7 Å². The van der Waals surface area contributed by atoms with E-state index in [1.165, 1.54) is 0 Å². The van der Waals surface area contributed by atoms with Crippen molar-refractivity contribution in [2.24, 2.45) is 5.92 Å². The number of halogens is 1. The van der Waals surface area contributed by atoms with Crippen molar-refractivity contribution in [3.8, 4) is 0 Å². The van der Waals surface area contributed by atoms with Crippen LogP contribution in [0.15, 0.2) is 0 Å². The summed E-state index contributed by atoms with van der Waals surface area (Å²) < 4.78 is 5.43. The van der Waals surface area contributed by atoms with Gasteiger partial charge in [0.15, 0.2) is 0 Å². The maximum Gasteiger partial charge on any atom is 0.0594 e. The summed E-state index contributed by atoms with van der Waals surface area (Å²) in [6.07, 6.45) is 0.339. The summed E-state index contributed by atoms with van der Waals surface area (Å²) in [5.74, 6) is 0.666. The molecule has 0 saturated heterocycles. The molecule has 0 aliphatic heterocycles. The molecular weight excluding hydrogens is 230 g/mol. The number of ether oxygens (including phenoxy) is 1. The zero-order valence-corrected chi connectivity index (χ0v) is 10.7. The summed E-state index contributed by atoms with van der Waals surface area (Å²) in [5, 5.41) is 4.48. The van der Waals surface area contributed by atoms with Crippen LogP contribution in [-0.4, -0.2) is 30.6 Å². The van der Waals surface area contributed by atoms with Crippen molar-refractivity contribution >= 4 is 15.9 Å². The summed E-state index contributed by atoms with van der Waals surface area (Å²) in [4.78, 5) is 0. The van der Waals surface area contributed by atoms with E-state index in [9.17, 15) is 0 Å². The second kappa shape index (κ2) is 7.77. The smallest absolute Gasteiger partial charge is 0.0594 e. The highest BCUT2D eigenvalue weighted by Crippen LogP contribution is 2.05. The summed E-state index contributed by atoms with van der Waals surface area (Å²) in [7, 11) is 0. The second-order valence-corrected chi connectivity index (χ2v) is 4.44. The van der Waals surface area contributed by atoms with Crippen LogP contribution in [0.1, 0.15) is 27.7 Å². The van der Waals surface area contributed by atoms with Crippen LogP contribution in [0.2, 0.25) is 0 Å². The first-order valence-corrected chi connectivity index (χ1v) is 6.11. The highest BCUT2D eigenvalue weighted by atomic mass is 79.9. The van der Waals surface area contributed by atoms with Crippen molar-refractivity contribution in [2.45, 2.75) is 39.8 Å². The molecule has 0 fully saturated rings. The van der Waals surface area contributed by atoms with Crippen molar-refractivity contribution < 1.29 is 4.74 Å². The molecule has 1 N–H and O–H groups in total. The van der Waals surface area contributed by atoms with Gasteiger partial charge in [0.05, 0.1) is 12.7 Å². The molecule has 0 aromatic rings. The average Bonchev–Trinajstić information content (AvgIpc) is 2.10. The topological polar surface area (TPSA) is 21.3 Å². The van der Waals surface area contributed by atoms with Crippen molar-refractivity contribution in [1.29, 1.82) is 0 Å². The summed E-state index contributed by atoms with van der Waals surface area (Å²) in [6, 6.07) is 0.551. The molecule has 0 aliphatic rings. The van der Waals surface area contributed by atoms with Gasteiger partial charge >= 0.3 is 0 Å². The van der Waals surface area contributed by atoms with Crippen molar-refractivity contribution in [2.75, 3.05) is 18.5 Å². The zero-order valence-electron chi connectivity index (χ0n) is 9.14. The highest BCUT2D eigenvalue weighted by Gasteiger charge is 2.08. The molecule has 0 aromatic carbocycles. The molecule has 3 heteroatoms. The van der Waals surface area contributed by atoms with E-state index in [1.54, 1.807) is 0 Å². The number of hydrogen-bond acceptors (Lipinski definition) is 2. The van der Waals surface area contributed by atoms with E-state index >= 15 is 0 Å². The Balaban J connectivity index is 3.31. The second-order valence-electron chi connectivity index (χ2n) is 3.79. The maximum atomic E-state index is 5.43. The van der Waals surface area contributed by atoms with Crippen LogP contribution in [0, 0.1) is 5.92 Å². The van der Waals surface area contributed by atoms with Crippen molar-refractivity contribution in [3.05, 3.63) is 0 Å². The lowest BCUT2D eigenvalue weighted by Gasteiger charge is -2.19. The molecule has 13 heavy (non-hydrogen) atoms. The van der Waals surface area contributed by atoms with Crippen LogP contribution >= 0.6 is 15.9 Å². The van der Waals surface area contributed by atoms with Crippen LogP contribution in [0.5, 0.6) is 0 Å². The van der Waals surface area contributed by atoms with Gasteiger partial charge in [-0.1, -0.05) is 22.9 Å². The van der Waals surface area contributed by atoms with Gasteiger partial charge < -0.3 is 10.1 Å². The normalized spacial score (nSPS) is 16.2. The average molecular weight is 252 g/mol. The molecule has 0 heterocycles. The van der Waals surface area contributed by atoms with E-state index in [0.717, 1.165) is 18.5 Å². The predicted molar refractivity (Wildman–Crippen MR) is 61.5 cm³/mol. The summed E-state index contributed by atoms with van der Waals surface area (Å²) in [5.41, 5.74) is 0. The van der Waals surface area contributed by atoms with E-state index in [1.807, 2.05) is 0 Å². The van der Waals surface area contributed by atoms with Gasteiger partial charge in [-0.15, -0.1) is 0 Å². The van der Waals surface area contributed by atoms with Crippen LogP contribution in [-0.2, 0) is 4.74 Å². The van der Waals surface area contributed by atoms with Gasteiger partial charge in [0.2, 0.25) is 0 Å². The third kappa shape index (κ3) is 7.47. The van der Waals surface area contributed by atoms with Crippen LogP contribution in [0.25, 0.3) is 0 Å². The minimum absolute atomic E-state index is 0.339. The Hall–Kier alpha value is 0.400. The van der Waals surface area contributed by atoms with E-state index in [0.29, 0.717) is 18.1 Å². The first-order chi connectivity index (χ1) is 6.07. The van der Waals surface area contributed by atoms with E-state index in [-0.39, 0.29) is 0 Å². The largest absolute Gasteiger partial charge is 0.377 e. The van der Waals surface area contributed by atoms with E-state index in [2.05, 4.69) is 48.9 Å². The molecule has 0 amide bonds. The molecule has 0 spiro atoms. The van der Waals surface area contributed by atoms with Crippen molar-refractivity contribution in [3.63, 3.8) is 0 Å². The predicted octanol–water partition coefficient (Wildman–Crippen LogP) is 2.42. The van der Waals surface area contributed by atoms with Gasteiger partial charge in [-0.3, -0.25) is 0 Å². The summed E-state index contributed by atoms with van der Waals surface area (Å²) >= 11 is 3.48. The fourth-order valence-corrected chi connectivity index (χ4v) is 1.48. The van der Waals surface area contributed by atoms with Gasteiger partial charge in [-0.25, -0.2) is 0 Å². The van der Waals surface area contributed by atoms with Gasteiger partial charge in [0.25, 0.3) is 0 Å². The summed E-state index contributed by atoms with van der Waals surface area (Å²) in [6.45, 7) is 10.3. The van der Waals surface area contributed by atoms with Crippen LogP contribution < -0.4 is 5.32 Å². The SMILES string of the molecule is CC(C)OCCNC(C)C(C)CBr. The molecular formula is C10H22BrNO. The highest BCUT2D eigenvalue weighted by molar-refractivity contribution is 9.09. The van der Waals surface area contributed by atoms with Crippen LogP contribution in [0.4, 0.5) is 0 Å².